The van der Waals surface area contributed by atoms with Crippen LogP contribution in [0.25, 0.3) is 11.1 Å². The van der Waals surface area contributed by atoms with Crippen molar-refractivity contribution in [2.75, 3.05) is 20.3 Å². The second-order valence-electron chi connectivity index (χ2n) is 8.00. The maximum atomic E-state index is 12.3. The van der Waals surface area contributed by atoms with E-state index in [9.17, 15) is 14.4 Å². The predicted molar refractivity (Wildman–Crippen MR) is 123 cm³/mol. The van der Waals surface area contributed by atoms with Gasteiger partial charge in [-0.15, -0.1) is 5.10 Å². The molecule has 1 heterocycles. The van der Waals surface area contributed by atoms with Gasteiger partial charge in [0.05, 0.1) is 19.3 Å². The molecule has 3 N–H and O–H groups in total. The molecule has 1 aromatic heterocycles. The number of hydrogen-bond acceptors (Lipinski definition) is 7. The monoisotopic (exact) mass is 479 g/mol. The first-order chi connectivity index (χ1) is 17.0. The molecular formula is C24H25N5O6. The zero-order valence-corrected chi connectivity index (χ0v) is 19.0. The zero-order valence-electron chi connectivity index (χ0n) is 19.0. The number of benzene rings is 2. The molecule has 35 heavy (non-hydrogen) atoms. The summed E-state index contributed by atoms with van der Waals surface area (Å²) in [6, 6.07) is 15.0. The van der Waals surface area contributed by atoms with Gasteiger partial charge in [0, 0.05) is 13.0 Å². The molecule has 0 spiro atoms. The van der Waals surface area contributed by atoms with Crippen molar-refractivity contribution in [1.82, 2.24) is 25.6 Å². The molecule has 0 radical (unpaired) electrons. The molecule has 1 atom stereocenters. The SMILES string of the molecule is COCC(NC(=O)Cn1cc(CNC(=O)OCC2c3ccccc3-c3ccccc32)nn1)C(=O)O. The van der Waals surface area contributed by atoms with Crippen molar-refractivity contribution in [2.45, 2.75) is 25.0 Å². The van der Waals surface area contributed by atoms with Gasteiger partial charge in [0.15, 0.2) is 6.04 Å². The summed E-state index contributed by atoms with van der Waals surface area (Å²) in [6.07, 6.45) is 0.887. The van der Waals surface area contributed by atoms with E-state index < -0.39 is 24.0 Å². The van der Waals surface area contributed by atoms with E-state index >= 15 is 0 Å². The third kappa shape index (κ3) is 5.64. The largest absolute Gasteiger partial charge is 0.480 e. The average molecular weight is 479 g/mol. The Kier molecular flexibility index (Phi) is 7.36. The molecule has 0 aliphatic heterocycles. The molecule has 1 aliphatic carbocycles. The Balaban J connectivity index is 1.27. The van der Waals surface area contributed by atoms with Crippen LogP contribution in [-0.2, 0) is 32.2 Å². The van der Waals surface area contributed by atoms with Crippen molar-refractivity contribution < 1.29 is 29.0 Å². The molecule has 4 rings (SSSR count). The Hall–Kier alpha value is -4.25. The third-order valence-corrected chi connectivity index (χ3v) is 5.62. The summed E-state index contributed by atoms with van der Waals surface area (Å²) in [6.45, 7) is -0.141. The fourth-order valence-corrected chi connectivity index (χ4v) is 4.04. The number of carboxylic acid groups (broad SMARTS) is 1. The van der Waals surface area contributed by atoms with Gasteiger partial charge in [0.1, 0.15) is 18.8 Å². The van der Waals surface area contributed by atoms with Crippen LogP contribution >= 0.6 is 0 Å². The van der Waals surface area contributed by atoms with Crippen LogP contribution in [0.4, 0.5) is 4.79 Å². The van der Waals surface area contributed by atoms with E-state index in [4.69, 9.17) is 14.6 Å². The number of nitrogens with zero attached hydrogens (tertiary/aromatic N) is 3. The first kappa shape index (κ1) is 23.9. The lowest BCUT2D eigenvalue weighted by atomic mass is 9.98. The van der Waals surface area contributed by atoms with E-state index in [2.05, 4.69) is 33.1 Å². The van der Waals surface area contributed by atoms with Gasteiger partial charge < -0.3 is 25.2 Å². The van der Waals surface area contributed by atoms with Crippen LogP contribution in [0.2, 0.25) is 0 Å². The van der Waals surface area contributed by atoms with Crippen LogP contribution in [0.1, 0.15) is 22.7 Å². The molecule has 0 saturated heterocycles. The molecule has 1 unspecified atom stereocenters. The van der Waals surface area contributed by atoms with Crippen molar-refractivity contribution >= 4 is 18.0 Å². The molecule has 11 heteroatoms. The minimum atomic E-state index is -1.20. The predicted octanol–water partition coefficient (Wildman–Crippen LogP) is 1.53. The second kappa shape index (κ2) is 10.8. The fraction of sp³-hybridized carbons (Fsp3) is 0.292. The number of aliphatic carboxylic acids is 1. The number of ether oxygens (including phenoxy) is 2. The Bertz CT molecular complexity index is 1180. The number of methoxy groups -OCH3 is 1. The van der Waals surface area contributed by atoms with Gasteiger partial charge in [-0.25, -0.2) is 14.3 Å². The van der Waals surface area contributed by atoms with E-state index in [0.717, 1.165) is 22.3 Å². The molecule has 2 amide bonds. The van der Waals surface area contributed by atoms with Crippen molar-refractivity contribution in [1.29, 1.82) is 0 Å². The number of carbonyl (C=O) groups is 3. The third-order valence-electron chi connectivity index (χ3n) is 5.62. The topological polar surface area (TPSA) is 145 Å². The number of amides is 2. The van der Waals surface area contributed by atoms with Crippen molar-refractivity contribution in [2.24, 2.45) is 0 Å². The van der Waals surface area contributed by atoms with Gasteiger partial charge in [-0.05, 0) is 22.3 Å². The Labute approximate surface area is 201 Å². The normalized spacial score (nSPS) is 12.9. The average Bonchev–Trinajstić information content (AvgIpc) is 3.43. The van der Waals surface area contributed by atoms with E-state index in [1.165, 1.54) is 18.0 Å². The van der Waals surface area contributed by atoms with Crippen LogP contribution in [0.15, 0.2) is 54.7 Å². The Morgan fingerprint density at radius 2 is 1.74 bits per heavy atom. The maximum absolute atomic E-state index is 12.3. The smallest absolute Gasteiger partial charge is 0.407 e. The Morgan fingerprint density at radius 3 is 2.37 bits per heavy atom. The summed E-state index contributed by atoms with van der Waals surface area (Å²) in [5.41, 5.74) is 4.96. The van der Waals surface area contributed by atoms with Crippen molar-refractivity contribution in [3.05, 3.63) is 71.5 Å². The highest BCUT2D eigenvalue weighted by atomic mass is 16.5. The van der Waals surface area contributed by atoms with E-state index in [-0.39, 0.29) is 32.2 Å². The summed E-state index contributed by atoms with van der Waals surface area (Å²) in [5, 5.41) is 21.8. The van der Waals surface area contributed by atoms with Crippen molar-refractivity contribution in [3.63, 3.8) is 0 Å². The summed E-state index contributed by atoms with van der Waals surface area (Å²) in [4.78, 5) is 35.5. The van der Waals surface area contributed by atoms with E-state index in [0.29, 0.717) is 5.69 Å². The lowest BCUT2D eigenvalue weighted by Crippen LogP contribution is -2.45. The minimum Gasteiger partial charge on any atom is -0.480 e. The molecule has 182 valence electrons. The number of carboxylic acids is 1. The highest BCUT2D eigenvalue weighted by Crippen LogP contribution is 2.44. The molecule has 0 fully saturated rings. The molecule has 0 saturated carbocycles. The standard InChI is InChI=1S/C24H25N5O6/c1-34-14-21(23(31)32)26-22(30)12-29-11-15(27-28-29)10-25-24(33)35-13-20-18-8-4-2-6-16(18)17-7-3-5-9-19(17)20/h2-9,11,20-21H,10,12-14H2,1H3,(H,25,33)(H,26,30)(H,31,32). The van der Waals surface area contributed by atoms with E-state index in [1.54, 1.807) is 0 Å². The number of nitrogens with one attached hydrogen (secondary N) is 2. The second-order valence-corrected chi connectivity index (χ2v) is 8.00. The summed E-state index contributed by atoms with van der Waals surface area (Å²) in [5.74, 6) is -1.80. The molecule has 11 nitrogen and oxygen atoms in total. The fourth-order valence-electron chi connectivity index (χ4n) is 4.04. The van der Waals surface area contributed by atoms with Crippen LogP contribution in [0.3, 0.4) is 0 Å². The molecule has 0 bridgehead atoms. The van der Waals surface area contributed by atoms with Gasteiger partial charge in [-0.3, -0.25) is 4.79 Å². The highest BCUT2D eigenvalue weighted by molar-refractivity contribution is 5.83. The lowest BCUT2D eigenvalue weighted by Gasteiger charge is -2.14. The van der Waals surface area contributed by atoms with Gasteiger partial charge in [0.25, 0.3) is 0 Å². The lowest BCUT2D eigenvalue weighted by molar-refractivity contribution is -0.143. The highest BCUT2D eigenvalue weighted by Gasteiger charge is 2.29. The van der Waals surface area contributed by atoms with Crippen LogP contribution in [0.5, 0.6) is 0 Å². The number of rotatable bonds is 10. The van der Waals surface area contributed by atoms with Crippen LogP contribution < -0.4 is 10.6 Å². The van der Waals surface area contributed by atoms with Gasteiger partial charge >= 0.3 is 12.1 Å². The molecule has 3 aromatic rings. The Morgan fingerprint density at radius 1 is 1.09 bits per heavy atom. The van der Waals surface area contributed by atoms with Gasteiger partial charge in [-0.1, -0.05) is 53.7 Å². The summed E-state index contributed by atoms with van der Waals surface area (Å²) >= 11 is 0. The number of carbonyl (C=O) groups excluding carboxylic acids is 2. The first-order valence-corrected chi connectivity index (χ1v) is 10.9. The van der Waals surface area contributed by atoms with Gasteiger partial charge in [0.2, 0.25) is 5.91 Å². The zero-order chi connectivity index (χ0) is 24.8. The molecular weight excluding hydrogens is 454 g/mol. The quantitative estimate of drug-likeness (QED) is 0.397. The van der Waals surface area contributed by atoms with E-state index in [1.807, 2.05) is 36.4 Å². The van der Waals surface area contributed by atoms with Crippen LogP contribution in [-0.4, -0.2) is 64.4 Å². The number of hydrogen-bond donors (Lipinski definition) is 3. The minimum absolute atomic E-state index is 0.0414. The number of aromatic nitrogens is 3. The van der Waals surface area contributed by atoms with Gasteiger partial charge in [-0.2, -0.15) is 0 Å². The maximum Gasteiger partial charge on any atom is 0.407 e. The van der Waals surface area contributed by atoms with Crippen LogP contribution in [0, 0.1) is 0 Å². The molecule has 2 aromatic carbocycles. The number of fused-ring (bicyclic) bond motifs is 3. The first-order valence-electron chi connectivity index (χ1n) is 10.9. The molecule has 1 aliphatic rings. The summed E-state index contributed by atoms with van der Waals surface area (Å²) < 4.78 is 11.5. The number of alkyl carbamates (subject to hydrolysis) is 1. The summed E-state index contributed by atoms with van der Waals surface area (Å²) in [7, 11) is 1.34. The van der Waals surface area contributed by atoms with Crippen molar-refractivity contribution in [3.8, 4) is 11.1 Å².